The number of halogens is 1. The van der Waals surface area contributed by atoms with Crippen molar-refractivity contribution in [1.29, 1.82) is 0 Å². The van der Waals surface area contributed by atoms with Crippen LogP contribution < -0.4 is 10.6 Å². The number of aromatic nitrogens is 4. The van der Waals surface area contributed by atoms with Crippen molar-refractivity contribution in [3.8, 4) is 0 Å². The number of aryl methyl sites for hydroxylation is 1. The second kappa shape index (κ2) is 7.02. The van der Waals surface area contributed by atoms with Gasteiger partial charge in [-0.1, -0.05) is 11.6 Å². The van der Waals surface area contributed by atoms with Crippen LogP contribution in [0.2, 0.25) is 5.02 Å². The first-order valence-corrected chi connectivity index (χ1v) is 7.80. The fourth-order valence-corrected chi connectivity index (χ4v) is 2.67. The Morgan fingerprint density at radius 2 is 2.33 bits per heavy atom. The molecule has 3 rings (SSSR count). The third-order valence-corrected chi connectivity index (χ3v) is 4.04. The van der Waals surface area contributed by atoms with E-state index in [0.717, 1.165) is 12.1 Å². The molecular weight excluding hydrogens is 334 g/mol. The fourth-order valence-electron chi connectivity index (χ4n) is 2.48. The van der Waals surface area contributed by atoms with E-state index >= 15 is 0 Å². The van der Waals surface area contributed by atoms with E-state index in [1.807, 2.05) is 6.07 Å². The molecule has 1 saturated heterocycles. The first kappa shape index (κ1) is 16.5. The van der Waals surface area contributed by atoms with Crippen molar-refractivity contribution in [2.45, 2.75) is 6.04 Å². The van der Waals surface area contributed by atoms with Gasteiger partial charge in [0, 0.05) is 26.7 Å². The SMILES string of the molecule is CNc1nc(Nc2cc(C3COCCN3C=O)nn2C)ncc1Cl. The summed E-state index contributed by atoms with van der Waals surface area (Å²) in [5.74, 6) is 1.63. The van der Waals surface area contributed by atoms with Crippen LogP contribution in [0, 0.1) is 0 Å². The average molecular weight is 352 g/mol. The molecule has 0 radical (unpaired) electrons. The van der Waals surface area contributed by atoms with Gasteiger partial charge in [0.25, 0.3) is 0 Å². The minimum absolute atomic E-state index is 0.197. The van der Waals surface area contributed by atoms with Crippen molar-refractivity contribution in [3.63, 3.8) is 0 Å². The Morgan fingerprint density at radius 3 is 3.08 bits per heavy atom. The molecular formula is C14H18ClN7O2. The number of nitrogens with one attached hydrogen (secondary N) is 2. The molecule has 10 heteroatoms. The molecule has 0 bridgehead atoms. The molecule has 1 atom stereocenters. The molecule has 3 heterocycles. The number of ether oxygens (including phenoxy) is 1. The standard InChI is InChI=1S/C14H18ClN7O2/c1-16-13-9(15)6-17-14(19-13)18-12-5-10(20-21(12)2)11-7-24-4-3-22(11)8-23/h5-6,8,11H,3-4,7H2,1-2H3,(H2,16,17,18,19). The van der Waals surface area contributed by atoms with Crippen molar-refractivity contribution < 1.29 is 9.53 Å². The number of morpholine rings is 1. The van der Waals surface area contributed by atoms with E-state index < -0.39 is 0 Å². The largest absolute Gasteiger partial charge is 0.377 e. The second-order valence-electron chi connectivity index (χ2n) is 5.28. The van der Waals surface area contributed by atoms with Gasteiger partial charge in [-0.2, -0.15) is 10.1 Å². The van der Waals surface area contributed by atoms with Crippen LogP contribution >= 0.6 is 11.6 Å². The van der Waals surface area contributed by atoms with Crippen molar-refractivity contribution in [2.24, 2.45) is 7.05 Å². The molecule has 2 aromatic rings. The summed E-state index contributed by atoms with van der Waals surface area (Å²) in [6.45, 7) is 1.52. The van der Waals surface area contributed by atoms with Gasteiger partial charge in [0.1, 0.15) is 16.7 Å². The molecule has 1 fully saturated rings. The molecule has 2 N–H and O–H groups in total. The summed E-state index contributed by atoms with van der Waals surface area (Å²) in [6, 6.07) is 1.66. The highest BCUT2D eigenvalue weighted by Crippen LogP contribution is 2.26. The minimum Gasteiger partial charge on any atom is -0.377 e. The van der Waals surface area contributed by atoms with E-state index in [1.54, 1.807) is 23.7 Å². The molecule has 24 heavy (non-hydrogen) atoms. The first-order valence-electron chi connectivity index (χ1n) is 7.42. The van der Waals surface area contributed by atoms with Gasteiger partial charge < -0.3 is 20.3 Å². The molecule has 0 spiro atoms. The van der Waals surface area contributed by atoms with Crippen LogP contribution in [0.15, 0.2) is 12.3 Å². The number of carbonyl (C=O) groups is 1. The van der Waals surface area contributed by atoms with Crippen molar-refractivity contribution >= 4 is 35.6 Å². The summed E-state index contributed by atoms with van der Waals surface area (Å²) in [5.41, 5.74) is 0.745. The summed E-state index contributed by atoms with van der Waals surface area (Å²) in [7, 11) is 3.53. The number of amides is 1. The van der Waals surface area contributed by atoms with E-state index in [2.05, 4.69) is 25.7 Å². The Hall–Kier alpha value is -2.39. The average Bonchev–Trinajstić information content (AvgIpc) is 2.97. The minimum atomic E-state index is -0.197. The maximum absolute atomic E-state index is 11.2. The third kappa shape index (κ3) is 3.26. The van der Waals surface area contributed by atoms with Gasteiger partial charge in [-0.15, -0.1) is 0 Å². The Kier molecular flexibility index (Phi) is 4.81. The van der Waals surface area contributed by atoms with Gasteiger partial charge in [-0.25, -0.2) is 4.98 Å². The summed E-state index contributed by atoms with van der Waals surface area (Å²) in [4.78, 5) is 21.3. The van der Waals surface area contributed by atoms with Crippen molar-refractivity contribution in [1.82, 2.24) is 24.6 Å². The summed E-state index contributed by atoms with van der Waals surface area (Å²) in [5, 5.41) is 10.9. The van der Waals surface area contributed by atoms with E-state index in [-0.39, 0.29) is 6.04 Å². The topological polar surface area (TPSA) is 97.2 Å². The van der Waals surface area contributed by atoms with Crippen LogP contribution in [0.3, 0.4) is 0 Å². The monoisotopic (exact) mass is 351 g/mol. The van der Waals surface area contributed by atoms with Crippen LogP contribution in [0.4, 0.5) is 17.6 Å². The van der Waals surface area contributed by atoms with Crippen LogP contribution in [-0.4, -0.2) is 57.9 Å². The molecule has 2 aromatic heterocycles. The maximum atomic E-state index is 11.2. The lowest BCUT2D eigenvalue weighted by Gasteiger charge is -2.31. The summed E-state index contributed by atoms with van der Waals surface area (Å²) < 4.78 is 7.13. The fraction of sp³-hybridized carbons (Fsp3) is 0.429. The van der Waals surface area contributed by atoms with Crippen LogP contribution in [0.25, 0.3) is 0 Å². The van der Waals surface area contributed by atoms with Gasteiger partial charge >= 0.3 is 0 Å². The zero-order valence-electron chi connectivity index (χ0n) is 13.4. The summed E-state index contributed by atoms with van der Waals surface area (Å²) >= 11 is 5.98. The smallest absolute Gasteiger partial charge is 0.230 e. The zero-order valence-corrected chi connectivity index (χ0v) is 14.1. The number of carbonyl (C=O) groups excluding carboxylic acids is 1. The maximum Gasteiger partial charge on any atom is 0.230 e. The van der Waals surface area contributed by atoms with Gasteiger partial charge in [0.05, 0.1) is 31.1 Å². The Morgan fingerprint density at radius 1 is 1.50 bits per heavy atom. The molecule has 1 unspecified atom stereocenters. The quantitative estimate of drug-likeness (QED) is 0.780. The highest BCUT2D eigenvalue weighted by molar-refractivity contribution is 6.32. The van der Waals surface area contributed by atoms with E-state index in [1.165, 1.54) is 6.20 Å². The van der Waals surface area contributed by atoms with Crippen LogP contribution in [-0.2, 0) is 16.6 Å². The predicted molar refractivity (Wildman–Crippen MR) is 89.4 cm³/mol. The van der Waals surface area contributed by atoms with E-state index in [0.29, 0.717) is 42.4 Å². The Bertz CT molecular complexity index is 736. The Balaban J connectivity index is 1.82. The van der Waals surface area contributed by atoms with Crippen molar-refractivity contribution in [3.05, 3.63) is 23.0 Å². The van der Waals surface area contributed by atoms with E-state index in [4.69, 9.17) is 16.3 Å². The number of rotatable bonds is 5. The van der Waals surface area contributed by atoms with Gasteiger partial charge in [-0.3, -0.25) is 9.48 Å². The highest BCUT2D eigenvalue weighted by atomic mass is 35.5. The number of nitrogens with zero attached hydrogens (tertiary/aromatic N) is 5. The first-order chi connectivity index (χ1) is 11.6. The lowest BCUT2D eigenvalue weighted by Crippen LogP contribution is -2.38. The summed E-state index contributed by atoms with van der Waals surface area (Å²) in [6.07, 6.45) is 2.35. The molecule has 9 nitrogen and oxygen atoms in total. The highest BCUT2D eigenvalue weighted by Gasteiger charge is 2.26. The second-order valence-corrected chi connectivity index (χ2v) is 5.68. The van der Waals surface area contributed by atoms with Gasteiger partial charge in [-0.05, 0) is 0 Å². The zero-order chi connectivity index (χ0) is 17.1. The van der Waals surface area contributed by atoms with Gasteiger partial charge in [0.15, 0.2) is 0 Å². The Labute approximate surface area is 144 Å². The normalized spacial score (nSPS) is 17.6. The van der Waals surface area contributed by atoms with Crippen molar-refractivity contribution in [2.75, 3.05) is 37.4 Å². The molecule has 128 valence electrons. The number of anilines is 3. The molecule has 1 aliphatic rings. The molecule has 0 saturated carbocycles. The molecule has 1 amide bonds. The lowest BCUT2D eigenvalue weighted by molar-refractivity contribution is -0.126. The van der Waals surface area contributed by atoms with Crippen LogP contribution in [0.1, 0.15) is 11.7 Å². The van der Waals surface area contributed by atoms with E-state index in [9.17, 15) is 4.79 Å². The molecule has 1 aliphatic heterocycles. The lowest BCUT2D eigenvalue weighted by atomic mass is 10.2. The predicted octanol–water partition coefficient (Wildman–Crippen LogP) is 1.18. The number of hydrogen-bond donors (Lipinski definition) is 2. The molecule has 0 aliphatic carbocycles. The molecule has 0 aromatic carbocycles. The number of hydrogen-bond acceptors (Lipinski definition) is 7. The third-order valence-electron chi connectivity index (χ3n) is 3.77. The van der Waals surface area contributed by atoms with Gasteiger partial charge in [0.2, 0.25) is 12.4 Å². The van der Waals surface area contributed by atoms with Crippen LogP contribution in [0.5, 0.6) is 0 Å².